The van der Waals surface area contributed by atoms with E-state index in [4.69, 9.17) is 5.26 Å². The molecule has 1 amide bonds. The predicted octanol–water partition coefficient (Wildman–Crippen LogP) is 1.70. The summed E-state index contributed by atoms with van der Waals surface area (Å²) in [5.41, 5.74) is 0. The molecule has 1 N–H and O–H groups in total. The maximum atomic E-state index is 12.4. The molecule has 15 heavy (non-hydrogen) atoms. The summed E-state index contributed by atoms with van der Waals surface area (Å²) in [5, 5.41) is 9.95. The largest absolute Gasteiger partial charge is 0.383 e. The zero-order valence-corrected chi connectivity index (χ0v) is 7.94. The van der Waals surface area contributed by atoms with E-state index in [9.17, 15) is 22.4 Å². The van der Waals surface area contributed by atoms with Crippen LogP contribution in [0.5, 0.6) is 0 Å². The van der Waals surface area contributed by atoms with E-state index in [2.05, 4.69) is 0 Å². The first-order chi connectivity index (χ1) is 6.86. The maximum Gasteiger partial charge on any atom is 0.383 e. The van der Waals surface area contributed by atoms with Crippen molar-refractivity contribution in [2.75, 3.05) is 0 Å². The summed E-state index contributed by atoms with van der Waals surface area (Å²) < 4.78 is 48.3. The van der Waals surface area contributed by atoms with Crippen molar-refractivity contribution in [2.45, 2.75) is 38.2 Å². The molecule has 1 atom stereocenters. The zero-order valence-electron chi connectivity index (χ0n) is 7.94. The van der Waals surface area contributed by atoms with Crippen LogP contribution in [0.15, 0.2) is 0 Å². The molecule has 0 saturated heterocycles. The molecule has 0 aromatic rings. The summed E-state index contributed by atoms with van der Waals surface area (Å²) in [4.78, 5) is 10.7. The number of carbonyl (C=O) groups is 1. The second kappa shape index (κ2) is 5.53. The van der Waals surface area contributed by atoms with E-state index in [1.54, 1.807) is 18.3 Å². The van der Waals surface area contributed by atoms with Crippen molar-refractivity contribution < 1.29 is 22.4 Å². The number of nitrogens with one attached hydrogen (secondary N) is 1. The second-order valence-electron chi connectivity index (χ2n) is 2.86. The number of hydrogen-bond acceptors (Lipinski definition) is 2. The summed E-state index contributed by atoms with van der Waals surface area (Å²) in [6.07, 6.45) is -4.02. The van der Waals surface area contributed by atoms with Crippen molar-refractivity contribution in [1.29, 1.82) is 5.26 Å². The van der Waals surface area contributed by atoms with Crippen LogP contribution < -0.4 is 5.32 Å². The first-order valence-corrected chi connectivity index (χ1v) is 4.20. The molecule has 0 aliphatic carbocycles. The quantitative estimate of drug-likeness (QED) is 0.725. The van der Waals surface area contributed by atoms with Crippen LogP contribution in [0.1, 0.15) is 19.8 Å². The lowest BCUT2D eigenvalue weighted by atomic mass is 10.1. The van der Waals surface area contributed by atoms with Gasteiger partial charge in [-0.2, -0.15) is 14.0 Å². The average molecular weight is 226 g/mol. The van der Waals surface area contributed by atoms with Crippen molar-refractivity contribution in [3.05, 3.63) is 0 Å². The van der Waals surface area contributed by atoms with Crippen LogP contribution in [0, 0.1) is 11.3 Å². The Kier molecular flexibility index (Phi) is 5.05. The fraction of sp³-hybridized carbons (Fsp3) is 0.750. The predicted molar refractivity (Wildman–Crippen MR) is 43.4 cm³/mol. The molecule has 7 heteroatoms. The van der Waals surface area contributed by atoms with Gasteiger partial charge in [0.25, 0.3) is 5.91 Å². The Labute approximate surface area is 84.1 Å². The number of alkyl halides is 4. The van der Waals surface area contributed by atoms with Crippen molar-refractivity contribution >= 4 is 5.91 Å². The van der Waals surface area contributed by atoms with Gasteiger partial charge in [0.1, 0.15) is 0 Å². The van der Waals surface area contributed by atoms with E-state index in [0.29, 0.717) is 0 Å². The minimum atomic E-state index is -4.71. The molecule has 0 heterocycles. The third kappa shape index (κ3) is 3.73. The number of rotatable bonds is 5. The molecule has 0 bridgehead atoms. The van der Waals surface area contributed by atoms with Gasteiger partial charge in [-0.15, -0.1) is 0 Å². The fourth-order valence-electron chi connectivity index (χ4n) is 0.788. The monoisotopic (exact) mass is 226 g/mol. The molecule has 0 aliphatic rings. The first kappa shape index (κ1) is 13.7. The summed E-state index contributed by atoms with van der Waals surface area (Å²) in [7, 11) is 0. The molecule has 1 unspecified atom stereocenters. The van der Waals surface area contributed by atoms with Gasteiger partial charge in [-0.1, -0.05) is 6.92 Å². The third-order valence-electron chi connectivity index (χ3n) is 1.74. The topological polar surface area (TPSA) is 52.9 Å². The summed E-state index contributed by atoms with van der Waals surface area (Å²) in [6, 6.07) is 0.831. The van der Waals surface area contributed by atoms with Gasteiger partial charge in [0.05, 0.1) is 12.5 Å². The number of halogens is 4. The molecular weight excluding hydrogens is 216 g/mol. The highest BCUT2D eigenvalue weighted by molar-refractivity contribution is 5.84. The molecule has 0 aromatic heterocycles. The molecule has 0 rings (SSSR count). The summed E-state index contributed by atoms with van der Waals surface area (Å²) in [5.74, 6) is -6.75. The van der Waals surface area contributed by atoms with Gasteiger partial charge in [-0.25, -0.2) is 8.78 Å². The summed E-state index contributed by atoms with van der Waals surface area (Å²) in [6.45, 7) is 1.54. The van der Waals surface area contributed by atoms with Crippen LogP contribution in [0.3, 0.4) is 0 Å². The van der Waals surface area contributed by atoms with Crippen LogP contribution in [-0.2, 0) is 4.79 Å². The van der Waals surface area contributed by atoms with Gasteiger partial charge >= 0.3 is 12.3 Å². The Hall–Kier alpha value is -1.32. The minimum Gasteiger partial charge on any atom is -0.347 e. The minimum absolute atomic E-state index is 0.193. The standard InChI is InChI=1S/C8H10F4N2O/c1-2-5(3-4-13)14-7(15)8(11,12)6(9)10/h5-6H,2-3H2,1H3,(H,14,15). The molecule has 86 valence electrons. The number of amides is 1. The summed E-state index contributed by atoms with van der Waals surface area (Å²) >= 11 is 0. The Morgan fingerprint density at radius 1 is 1.53 bits per heavy atom. The van der Waals surface area contributed by atoms with E-state index in [-0.39, 0.29) is 12.8 Å². The van der Waals surface area contributed by atoms with Crippen molar-refractivity contribution in [3.8, 4) is 6.07 Å². The Balaban J connectivity index is 4.41. The molecular formula is C8H10F4N2O. The third-order valence-corrected chi connectivity index (χ3v) is 1.74. The lowest BCUT2D eigenvalue weighted by Gasteiger charge is -2.19. The Bertz CT molecular complexity index is 262. The average Bonchev–Trinajstić information content (AvgIpc) is 2.16. The normalized spacial score (nSPS) is 13.4. The number of hydrogen-bond donors (Lipinski definition) is 1. The van der Waals surface area contributed by atoms with Crippen LogP contribution in [0.4, 0.5) is 17.6 Å². The molecule has 3 nitrogen and oxygen atoms in total. The molecule has 0 saturated carbocycles. The highest BCUT2D eigenvalue weighted by atomic mass is 19.3. The van der Waals surface area contributed by atoms with Crippen LogP contribution in [-0.4, -0.2) is 24.3 Å². The highest BCUT2D eigenvalue weighted by Gasteiger charge is 2.49. The van der Waals surface area contributed by atoms with Gasteiger partial charge in [-0.3, -0.25) is 4.79 Å². The highest BCUT2D eigenvalue weighted by Crippen LogP contribution is 2.23. The molecule has 0 spiro atoms. The smallest absolute Gasteiger partial charge is 0.347 e. The molecule has 0 fully saturated rings. The lowest BCUT2D eigenvalue weighted by molar-refractivity contribution is -0.170. The van der Waals surface area contributed by atoms with E-state index in [1.165, 1.54) is 0 Å². The zero-order chi connectivity index (χ0) is 12.1. The Morgan fingerprint density at radius 3 is 2.40 bits per heavy atom. The van der Waals surface area contributed by atoms with Crippen molar-refractivity contribution in [2.24, 2.45) is 0 Å². The van der Waals surface area contributed by atoms with Crippen molar-refractivity contribution in [3.63, 3.8) is 0 Å². The van der Waals surface area contributed by atoms with Crippen molar-refractivity contribution in [1.82, 2.24) is 5.32 Å². The first-order valence-electron chi connectivity index (χ1n) is 4.20. The van der Waals surface area contributed by atoms with E-state index >= 15 is 0 Å². The van der Waals surface area contributed by atoms with Crippen LogP contribution in [0.2, 0.25) is 0 Å². The SMILES string of the molecule is CCC(CC#N)NC(=O)C(F)(F)C(F)F. The Morgan fingerprint density at radius 2 is 2.07 bits per heavy atom. The molecule has 0 aromatic carbocycles. The maximum absolute atomic E-state index is 12.4. The van der Waals surface area contributed by atoms with Gasteiger partial charge in [0.2, 0.25) is 0 Å². The lowest BCUT2D eigenvalue weighted by Crippen LogP contribution is -2.48. The van der Waals surface area contributed by atoms with Crippen LogP contribution >= 0.6 is 0 Å². The fourth-order valence-corrected chi connectivity index (χ4v) is 0.788. The van der Waals surface area contributed by atoms with Gasteiger partial charge in [-0.05, 0) is 6.42 Å². The number of carbonyl (C=O) groups excluding carboxylic acids is 1. The number of nitriles is 1. The van der Waals surface area contributed by atoms with Gasteiger partial charge < -0.3 is 5.32 Å². The van der Waals surface area contributed by atoms with Gasteiger partial charge in [0.15, 0.2) is 0 Å². The number of nitrogens with zero attached hydrogens (tertiary/aromatic N) is 1. The second-order valence-corrected chi connectivity index (χ2v) is 2.86. The van der Waals surface area contributed by atoms with E-state index in [0.717, 1.165) is 0 Å². The van der Waals surface area contributed by atoms with E-state index < -0.39 is 24.3 Å². The van der Waals surface area contributed by atoms with Gasteiger partial charge in [0, 0.05) is 6.04 Å². The van der Waals surface area contributed by atoms with Crippen LogP contribution in [0.25, 0.3) is 0 Å². The molecule has 0 radical (unpaired) electrons. The van der Waals surface area contributed by atoms with E-state index in [1.807, 2.05) is 0 Å². The molecule has 0 aliphatic heterocycles.